The van der Waals surface area contributed by atoms with Crippen LogP contribution >= 0.6 is 39.7 Å². The van der Waals surface area contributed by atoms with Crippen molar-refractivity contribution in [3.8, 4) is 22.3 Å². The van der Waals surface area contributed by atoms with Gasteiger partial charge in [-0.25, -0.2) is 0 Å². The third-order valence-corrected chi connectivity index (χ3v) is 16.3. The van der Waals surface area contributed by atoms with Crippen molar-refractivity contribution in [3.05, 3.63) is 95.9 Å². The quantitative estimate of drug-likeness (QED) is 0.183. The van der Waals surface area contributed by atoms with Gasteiger partial charge in [-0.05, 0) is 88.2 Å². The Kier molecular flexibility index (Phi) is 9.48. The normalized spacial score (nSPS) is 16.3. The number of fused-ring (bicyclic) bond motifs is 4. The van der Waals surface area contributed by atoms with Crippen LogP contribution in [-0.4, -0.2) is 8.07 Å². The molecule has 0 nitrogen and oxygen atoms in total. The molecular weight excluding hydrogens is 699 g/mol. The summed E-state index contributed by atoms with van der Waals surface area (Å²) in [5.74, 6) is 0. The fourth-order valence-corrected chi connectivity index (χ4v) is 15.9. The monoisotopic (exact) mass is 740 g/mol. The fraction of sp³-hybridized carbons (Fsp3) is 0.405. The first kappa shape index (κ1) is 33.6. The van der Waals surface area contributed by atoms with E-state index in [0.717, 1.165) is 0 Å². The van der Waals surface area contributed by atoms with Gasteiger partial charge in [0, 0.05) is 30.6 Å². The molecule has 43 heavy (non-hydrogen) atoms. The molecule has 1 unspecified atom stereocenters. The van der Waals surface area contributed by atoms with Crippen molar-refractivity contribution >= 4 is 53.8 Å². The van der Waals surface area contributed by atoms with Crippen LogP contribution in [0.15, 0.2) is 54.1 Å². The third kappa shape index (κ3) is 6.20. The maximum absolute atomic E-state index is 4.93. The van der Waals surface area contributed by atoms with Crippen molar-refractivity contribution in [2.45, 2.75) is 97.3 Å². The standard InChI is InChI=1S/C37H44S2Si.2ClH.Zr/c1-21-15-29-27(24-18-25(36(4,5)6)20-26(19-24)37(7,8)9)13-12-14-28(29)34(21)40(10,11)35-32-30(16-22(2)38-32)31-17-23(3)39-33(31)35;;;/h12-20,34-35H,1-11H3;2*1H;/q;;;+2/p-2. The summed E-state index contributed by atoms with van der Waals surface area (Å²) in [6.07, 6.45) is 2.54. The Morgan fingerprint density at radius 2 is 1.19 bits per heavy atom. The minimum absolute atomic E-state index is 0.104. The average molecular weight is 743 g/mol. The summed E-state index contributed by atoms with van der Waals surface area (Å²) in [6.45, 7) is 26.3. The molecule has 0 radical (unpaired) electrons. The van der Waals surface area contributed by atoms with Gasteiger partial charge in [0.25, 0.3) is 0 Å². The molecule has 2 aliphatic carbocycles. The molecule has 0 saturated heterocycles. The zero-order chi connectivity index (χ0) is 31.6. The first-order valence-corrected chi connectivity index (χ1v) is 26.3. The molecule has 2 heterocycles. The second-order valence-corrected chi connectivity index (χ2v) is 26.1. The van der Waals surface area contributed by atoms with Gasteiger partial charge in [0.2, 0.25) is 0 Å². The summed E-state index contributed by atoms with van der Waals surface area (Å²) in [7, 11) is 7.99. The van der Waals surface area contributed by atoms with Crippen molar-refractivity contribution in [1.82, 2.24) is 0 Å². The third-order valence-electron chi connectivity index (χ3n) is 9.32. The Labute approximate surface area is 287 Å². The van der Waals surface area contributed by atoms with E-state index in [4.69, 9.17) is 17.0 Å². The molecule has 6 rings (SSSR count). The van der Waals surface area contributed by atoms with Crippen molar-refractivity contribution in [1.29, 1.82) is 0 Å². The van der Waals surface area contributed by atoms with Crippen molar-refractivity contribution in [2.24, 2.45) is 0 Å². The number of thiophene rings is 2. The Morgan fingerprint density at radius 1 is 0.698 bits per heavy atom. The van der Waals surface area contributed by atoms with Gasteiger partial charge < -0.3 is 0 Å². The van der Waals surface area contributed by atoms with Gasteiger partial charge in [-0.3, -0.25) is 0 Å². The summed E-state index contributed by atoms with van der Waals surface area (Å²) in [5, 5.41) is 0. The zero-order valence-electron chi connectivity index (χ0n) is 27.4. The fourth-order valence-electron chi connectivity index (χ4n) is 7.32. The Bertz CT molecular complexity index is 1630. The molecular formula is C37H44Cl2S2SiZr. The van der Waals surface area contributed by atoms with Gasteiger partial charge >= 0.3 is 37.9 Å². The van der Waals surface area contributed by atoms with Crippen LogP contribution in [0.1, 0.15) is 101 Å². The van der Waals surface area contributed by atoms with Crippen LogP contribution in [0.3, 0.4) is 0 Å². The number of halogens is 2. The first-order valence-electron chi connectivity index (χ1n) is 15.1. The molecule has 2 aliphatic rings. The van der Waals surface area contributed by atoms with Crippen LogP contribution in [0.4, 0.5) is 0 Å². The SMILES string of the molecule is CC1=Cc2c(-c3cc(C(C)(C)C)cc(C(C)(C)C)c3)cccc2C1[Si](C)(C)C1c2sc(C)cc2-c2cc(C)sc21.[Cl][Zr][Cl]. The van der Waals surface area contributed by atoms with Gasteiger partial charge in [-0.2, -0.15) is 0 Å². The molecule has 0 N–H and O–H groups in total. The number of allylic oxidation sites excluding steroid dienone is 1. The summed E-state index contributed by atoms with van der Waals surface area (Å²) >= 11 is 3.27. The zero-order valence-corrected chi connectivity index (χ0v) is 34.0. The van der Waals surface area contributed by atoms with Gasteiger partial charge in [0.05, 0.1) is 8.07 Å². The van der Waals surface area contributed by atoms with Crippen LogP contribution in [0, 0.1) is 13.8 Å². The summed E-state index contributed by atoms with van der Waals surface area (Å²) < 4.78 is 0. The molecule has 0 spiro atoms. The average Bonchev–Trinajstić information content (AvgIpc) is 3.61. The second-order valence-electron chi connectivity index (χ2n) is 15.0. The topological polar surface area (TPSA) is 0 Å². The molecule has 0 aliphatic heterocycles. The first-order chi connectivity index (χ1) is 20.0. The molecule has 6 heteroatoms. The molecule has 4 aromatic rings. The van der Waals surface area contributed by atoms with Crippen LogP contribution in [0.2, 0.25) is 13.1 Å². The van der Waals surface area contributed by atoms with E-state index < -0.39 is 28.9 Å². The van der Waals surface area contributed by atoms with E-state index in [1.165, 1.54) is 48.7 Å². The number of aryl methyl sites for hydroxylation is 2. The van der Waals surface area contributed by atoms with E-state index in [1.54, 1.807) is 20.9 Å². The van der Waals surface area contributed by atoms with Crippen molar-refractivity contribution in [2.75, 3.05) is 0 Å². The minimum atomic E-state index is -1.88. The molecule has 0 amide bonds. The Morgan fingerprint density at radius 3 is 1.65 bits per heavy atom. The Balaban J connectivity index is 0.00000118. The van der Waals surface area contributed by atoms with Crippen LogP contribution in [0.25, 0.3) is 28.3 Å². The van der Waals surface area contributed by atoms with Gasteiger partial charge in [-0.15, -0.1) is 22.7 Å². The summed E-state index contributed by atoms with van der Waals surface area (Å²) in [4.78, 5) is 6.18. The molecule has 2 aromatic heterocycles. The van der Waals surface area contributed by atoms with Crippen molar-refractivity contribution < 1.29 is 20.8 Å². The van der Waals surface area contributed by atoms with Crippen LogP contribution in [0.5, 0.6) is 0 Å². The van der Waals surface area contributed by atoms with Crippen molar-refractivity contribution in [3.63, 3.8) is 0 Å². The molecule has 1 atom stereocenters. The van der Waals surface area contributed by atoms with Gasteiger partial charge in [0.1, 0.15) is 0 Å². The van der Waals surface area contributed by atoms with Gasteiger partial charge in [-0.1, -0.05) is 103 Å². The molecule has 0 fully saturated rings. The molecule has 0 saturated carbocycles. The van der Waals surface area contributed by atoms with E-state index in [0.29, 0.717) is 11.1 Å². The number of hydrogen-bond acceptors (Lipinski definition) is 2. The summed E-state index contributed by atoms with van der Waals surface area (Å²) in [5.41, 5.74) is 14.5. The van der Waals surface area contributed by atoms with Crippen LogP contribution in [-0.2, 0) is 31.7 Å². The second kappa shape index (κ2) is 12.1. The number of rotatable bonds is 3. The van der Waals surface area contributed by atoms with E-state index in [-0.39, 0.29) is 10.8 Å². The molecule has 0 bridgehead atoms. The molecule has 2 aromatic carbocycles. The maximum atomic E-state index is 4.93. The van der Waals surface area contributed by atoms with E-state index in [2.05, 4.69) is 130 Å². The number of hydrogen-bond donors (Lipinski definition) is 0. The van der Waals surface area contributed by atoms with Crippen LogP contribution < -0.4 is 0 Å². The predicted molar refractivity (Wildman–Crippen MR) is 194 cm³/mol. The summed E-state index contributed by atoms with van der Waals surface area (Å²) in [6, 6.07) is 19.4. The van der Waals surface area contributed by atoms with Gasteiger partial charge in [0.15, 0.2) is 0 Å². The van der Waals surface area contributed by atoms with E-state index in [1.807, 2.05) is 22.7 Å². The predicted octanol–water partition coefficient (Wildman–Crippen LogP) is 13.2. The van der Waals surface area contributed by atoms with E-state index in [9.17, 15) is 0 Å². The number of benzene rings is 2. The van der Waals surface area contributed by atoms with E-state index >= 15 is 0 Å². The Hall–Kier alpha value is -0.740. The molecule has 226 valence electrons.